The number of benzene rings is 1. The zero-order valence-electron chi connectivity index (χ0n) is 16.7. The second kappa shape index (κ2) is 8.95. The average molecular weight is 367 g/mol. The maximum Gasteiger partial charge on any atom is 0.266 e. The van der Waals surface area contributed by atoms with Crippen LogP contribution in [-0.2, 0) is 13.0 Å². The van der Waals surface area contributed by atoms with Crippen LogP contribution in [0.1, 0.15) is 50.3 Å². The molecule has 0 saturated carbocycles. The standard InChI is InChI=1S/C21H29N5O/c1-5-6-8-15(2)11-20-23-24-21(27-20)19-12-16(3)25-26(19)18-10-7-9-17(13-18)14-22-4/h7,9-10,12-13,15,22H,5-6,8,11,14H2,1-4H3. The summed E-state index contributed by atoms with van der Waals surface area (Å²) in [7, 11) is 1.94. The fourth-order valence-electron chi connectivity index (χ4n) is 3.24. The lowest BCUT2D eigenvalue weighted by Gasteiger charge is -2.08. The maximum atomic E-state index is 5.98. The normalized spacial score (nSPS) is 12.4. The minimum absolute atomic E-state index is 0.521. The molecule has 2 aromatic heterocycles. The number of aromatic nitrogens is 4. The minimum atomic E-state index is 0.521. The third-order valence-corrected chi connectivity index (χ3v) is 4.63. The van der Waals surface area contributed by atoms with Crippen LogP contribution < -0.4 is 5.32 Å². The van der Waals surface area contributed by atoms with E-state index in [0.29, 0.717) is 17.7 Å². The molecule has 144 valence electrons. The Balaban J connectivity index is 1.85. The lowest BCUT2D eigenvalue weighted by atomic mass is 10.0. The Kier molecular flexibility index (Phi) is 6.40. The molecule has 0 saturated heterocycles. The minimum Gasteiger partial charge on any atom is -0.419 e. The summed E-state index contributed by atoms with van der Waals surface area (Å²) in [6.45, 7) is 7.24. The summed E-state index contributed by atoms with van der Waals surface area (Å²) in [4.78, 5) is 0. The van der Waals surface area contributed by atoms with Gasteiger partial charge in [0.2, 0.25) is 5.89 Å². The lowest BCUT2D eigenvalue weighted by molar-refractivity contribution is 0.424. The zero-order chi connectivity index (χ0) is 19.2. The van der Waals surface area contributed by atoms with E-state index in [1.165, 1.54) is 24.8 Å². The van der Waals surface area contributed by atoms with Crippen molar-refractivity contribution in [2.45, 2.75) is 53.0 Å². The molecule has 2 heterocycles. The van der Waals surface area contributed by atoms with Crippen LogP contribution >= 0.6 is 0 Å². The van der Waals surface area contributed by atoms with Gasteiger partial charge >= 0.3 is 0 Å². The molecule has 0 aliphatic rings. The summed E-state index contributed by atoms with van der Waals surface area (Å²) in [6.07, 6.45) is 4.45. The van der Waals surface area contributed by atoms with Crippen LogP contribution in [-0.4, -0.2) is 27.0 Å². The van der Waals surface area contributed by atoms with E-state index in [1.807, 2.05) is 36.9 Å². The Morgan fingerprint density at radius 1 is 1.22 bits per heavy atom. The molecule has 27 heavy (non-hydrogen) atoms. The summed E-state index contributed by atoms with van der Waals surface area (Å²) in [5, 5.41) is 16.4. The molecular weight excluding hydrogens is 338 g/mol. The van der Waals surface area contributed by atoms with Gasteiger partial charge in [0.1, 0.15) is 5.69 Å². The fraction of sp³-hybridized carbons (Fsp3) is 0.476. The zero-order valence-corrected chi connectivity index (χ0v) is 16.7. The average Bonchev–Trinajstić information content (AvgIpc) is 3.27. The quantitative estimate of drug-likeness (QED) is 0.610. The highest BCUT2D eigenvalue weighted by Gasteiger charge is 2.17. The lowest BCUT2D eigenvalue weighted by Crippen LogP contribution is -2.06. The van der Waals surface area contributed by atoms with E-state index in [-0.39, 0.29) is 0 Å². The van der Waals surface area contributed by atoms with Crippen molar-refractivity contribution >= 4 is 0 Å². The molecule has 0 spiro atoms. The largest absolute Gasteiger partial charge is 0.419 e. The highest BCUT2D eigenvalue weighted by molar-refractivity contribution is 5.53. The monoisotopic (exact) mass is 367 g/mol. The van der Waals surface area contributed by atoms with Crippen LogP contribution in [0.4, 0.5) is 0 Å². The second-order valence-corrected chi connectivity index (χ2v) is 7.24. The Labute approximate surface area is 161 Å². The van der Waals surface area contributed by atoms with Crippen molar-refractivity contribution in [1.29, 1.82) is 0 Å². The van der Waals surface area contributed by atoms with E-state index < -0.39 is 0 Å². The summed E-state index contributed by atoms with van der Waals surface area (Å²) in [5.74, 6) is 1.76. The van der Waals surface area contributed by atoms with E-state index in [4.69, 9.17) is 4.42 Å². The fourth-order valence-corrected chi connectivity index (χ4v) is 3.24. The number of aryl methyl sites for hydroxylation is 1. The van der Waals surface area contributed by atoms with Crippen LogP contribution in [0.15, 0.2) is 34.7 Å². The van der Waals surface area contributed by atoms with E-state index in [9.17, 15) is 0 Å². The molecule has 6 nitrogen and oxygen atoms in total. The molecule has 0 aliphatic heterocycles. The van der Waals surface area contributed by atoms with E-state index in [1.54, 1.807) is 0 Å². The Hall–Kier alpha value is -2.47. The van der Waals surface area contributed by atoms with Gasteiger partial charge in [-0.1, -0.05) is 45.2 Å². The first-order valence-electron chi connectivity index (χ1n) is 9.74. The number of nitrogens with zero attached hydrogens (tertiary/aromatic N) is 4. The molecule has 0 fully saturated rings. The summed E-state index contributed by atoms with van der Waals surface area (Å²) >= 11 is 0. The molecule has 3 rings (SSSR count). The topological polar surface area (TPSA) is 68.8 Å². The third kappa shape index (κ3) is 4.83. The van der Waals surface area contributed by atoms with Crippen molar-refractivity contribution in [2.24, 2.45) is 5.92 Å². The first kappa shape index (κ1) is 19.3. The molecule has 0 aliphatic carbocycles. The maximum absolute atomic E-state index is 5.98. The SMILES string of the molecule is CCCCC(C)Cc1nnc(-c2cc(C)nn2-c2cccc(CNC)c2)o1. The van der Waals surface area contributed by atoms with Crippen molar-refractivity contribution in [3.8, 4) is 17.3 Å². The molecule has 6 heteroatoms. The summed E-state index contributed by atoms with van der Waals surface area (Å²) in [6, 6.07) is 10.3. The third-order valence-electron chi connectivity index (χ3n) is 4.63. The number of nitrogens with one attached hydrogen (secondary N) is 1. The predicted octanol–water partition coefficient (Wildman–Crippen LogP) is 4.32. The predicted molar refractivity (Wildman–Crippen MR) is 107 cm³/mol. The van der Waals surface area contributed by atoms with E-state index in [2.05, 4.69) is 46.6 Å². The van der Waals surface area contributed by atoms with Crippen molar-refractivity contribution in [1.82, 2.24) is 25.3 Å². The van der Waals surface area contributed by atoms with Crippen molar-refractivity contribution in [3.05, 3.63) is 47.5 Å². The number of hydrogen-bond acceptors (Lipinski definition) is 5. The van der Waals surface area contributed by atoms with Crippen molar-refractivity contribution in [2.75, 3.05) is 7.05 Å². The second-order valence-electron chi connectivity index (χ2n) is 7.24. The molecule has 1 N–H and O–H groups in total. The van der Waals surface area contributed by atoms with Gasteiger partial charge in [-0.2, -0.15) is 5.10 Å². The summed E-state index contributed by atoms with van der Waals surface area (Å²) < 4.78 is 7.86. The number of unbranched alkanes of at least 4 members (excludes halogenated alkanes) is 1. The van der Waals surface area contributed by atoms with E-state index in [0.717, 1.165) is 30.0 Å². The molecule has 1 aromatic carbocycles. The van der Waals surface area contributed by atoms with Gasteiger partial charge in [0.25, 0.3) is 5.89 Å². The van der Waals surface area contributed by atoms with Crippen LogP contribution in [0.3, 0.4) is 0 Å². The number of hydrogen-bond donors (Lipinski definition) is 1. The van der Waals surface area contributed by atoms with Crippen molar-refractivity contribution < 1.29 is 4.42 Å². The van der Waals surface area contributed by atoms with Crippen LogP contribution in [0, 0.1) is 12.8 Å². The van der Waals surface area contributed by atoms with Gasteiger partial charge in [-0.15, -0.1) is 10.2 Å². The highest BCUT2D eigenvalue weighted by atomic mass is 16.4. The molecule has 0 amide bonds. The number of rotatable bonds is 9. The smallest absolute Gasteiger partial charge is 0.266 e. The van der Waals surface area contributed by atoms with Crippen LogP contribution in [0.25, 0.3) is 17.3 Å². The van der Waals surface area contributed by atoms with Gasteiger partial charge < -0.3 is 9.73 Å². The molecule has 3 aromatic rings. The molecular formula is C21H29N5O. The van der Waals surface area contributed by atoms with Gasteiger partial charge in [-0.3, -0.25) is 0 Å². The van der Waals surface area contributed by atoms with Gasteiger partial charge in [-0.05, 0) is 43.7 Å². The first-order valence-corrected chi connectivity index (χ1v) is 9.74. The van der Waals surface area contributed by atoms with Gasteiger partial charge in [0, 0.05) is 13.0 Å². The molecule has 1 atom stereocenters. The van der Waals surface area contributed by atoms with Crippen molar-refractivity contribution in [3.63, 3.8) is 0 Å². The first-order chi connectivity index (χ1) is 13.1. The van der Waals surface area contributed by atoms with Crippen LogP contribution in [0.5, 0.6) is 0 Å². The molecule has 0 radical (unpaired) electrons. The van der Waals surface area contributed by atoms with Crippen LogP contribution in [0.2, 0.25) is 0 Å². The Morgan fingerprint density at radius 2 is 2.07 bits per heavy atom. The molecule has 1 unspecified atom stereocenters. The van der Waals surface area contributed by atoms with Gasteiger partial charge in [0.05, 0.1) is 11.4 Å². The highest BCUT2D eigenvalue weighted by Crippen LogP contribution is 2.24. The Bertz CT molecular complexity index is 867. The summed E-state index contributed by atoms with van der Waals surface area (Å²) in [5.41, 5.74) is 3.93. The molecule has 0 bridgehead atoms. The van der Waals surface area contributed by atoms with Gasteiger partial charge in [-0.25, -0.2) is 4.68 Å². The Morgan fingerprint density at radius 3 is 2.85 bits per heavy atom. The van der Waals surface area contributed by atoms with E-state index >= 15 is 0 Å². The van der Waals surface area contributed by atoms with Gasteiger partial charge in [0.15, 0.2) is 0 Å².